The number of hydrogen-bond acceptors (Lipinski definition) is 1. The van der Waals surface area contributed by atoms with Crippen LogP contribution in [0.4, 0.5) is 0 Å². The van der Waals surface area contributed by atoms with Crippen molar-refractivity contribution in [1.29, 1.82) is 0 Å². The second-order valence-corrected chi connectivity index (χ2v) is 12.7. The van der Waals surface area contributed by atoms with Crippen LogP contribution in [0.3, 0.4) is 0 Å². The molecule has 0 unspecified atom stereocenters. The van der Waals surface area contributed by atoms with E-state index in [4.69, 9.17) is 4.74 Å². The molecule has 2 aromatic carbocycles. The third kappa shape index (κ3) is 19.9. The van der Waals surface area contributed by atoms with Gasteiger partial charge in [0.2, 0.25) is 0 Å². The Kier molecular flexibility index (Phi) is 22.4. The summed E-state index contributed by atoms with van der Waals surface area (Å²) < 4.78 is 6.29. The largest absolute Gasteiger partial charge is 0.457 e. The van der Waals surface area contributed by atoms with Gasteiger partial charge in [0.05, 0.1) is 0 Å². The number of ether oxygens (including phenoxy) is 1. The van der Waals surface area contributed by atoms with Crippen LogP contribution in [-0.4, -0.2) is 0 Å². The SMILES string of the molecule is CCCCCCCCCCCCCCc1cccc(Oc2cccc(CCCCCCCCCCCCCC)c2)c1. The lowest BCUT2D eigenvalue weighted by atomic mass is 10.0. The summed E-state index contributed by atoms with van der Waals surface area (Å²) in [5, 5.41) is 0. The maximum Gasteiger partial charge on any atom is 0.127 e. The first-order valence-electron chi connectivity index (χ1n) is 18.2. The summed E-state index contributed by atoms with van der Waals surface area (Å²) in [6.45, 7) is 4.59. The van der Waals surface area contributed by atoms with Crippen LogP contribution in [0.15, 0.2) is 48.5 Å². The molecule has 0 fully saturated rings. The topological polar surface area (TPSA) is 9.23 Å². The molecule has 1 heteroatoms. The van der Waals surface area contributed by atoms with Crippen molar-refractivity contribution in [1.82, 2.24) is 0 Å². The highest BCUT2D eigenvalue weighted by atomic mass is 16.5. The number of hydrogen-bond donors (Lipinski definition) is 0. The number of unbranched alkanes of at least 4 members (excludes halogenated alkanes) is 22. The van der Waals surface area contributed by atoms with Gasteiger partial charge in [0.1, 0.15) is 11.5 Å². The molecule has 2 rings (SSSR count). The molecule has 232 valence electrons. The second-order valence-electron chi connectivity index (χ2n) is 12.7. The summed E-state index contributed by atoms with van der Waals surface area (Å²) in [5.74, 6) is 1.95. The molecule has 2 aromatic rings. The summed E-state index contributed by atoms with van der Waals surface area (Å²) in [4.78, 5) is 0. The van der Waals surface area contributed by atoms with E-state index in [2.05, 4.69) is 62.4 Å². The molecule has 0 aromatic heterocycles. The molecule has 1 nitrogen and oxygen atoms in total. The Morgan fingerprint density at radius 1 is 0.366 bits per heavy atom. The van der Waals surface area contributed by atoms with E-state index in [0.29, 0.717) is 0 Å². The third-order valence-corrected chi connectivity index (χ3v) is 8.67. The number of rotatable bonds is 28. The minimum Gasteiger partial charge on any atom is -0.457 e. The molecule has 0 aliphatic carbocycles. The zero-order valence-electron chi connectivity index (χ0n) is 27.4. The van der Waals surface area contributed by atoms with Crippen molar-refractivity contribution in [3.05, 3.63) is 59.7 Å². The zero-order valence-corrected chi connectivity index (χ0v) is 27.4. The molecule has 0 heterocycles. The van der Waals surface area contributed by atoms with Crippen molar-refractivity contribution in [3.8, 4) is 11.5 Å². The van der Waals surface area contributed by atoms with Gasteiger partial charge in [-0.05, 0) is 61.1 Å². The highest BCUT2D eigenvalue weighted by Crippen LogP contribution is 2.25. The Bertz CT molecular complexity index is 771. The molecule has 0 aliphatic rings. The first-order chi connectivity index (χ1) is 20.3. The van der Waals surface area contributed by atoms with Gasteiger partial charge in [0.15, 0.2) is 0 Å². The van der Waals surface area contributed by atoms with E-state index >= 15 is 0 Å². The number of benzene rings is 2. The van der Waals surface area contributed by atoms with Gasteiger partial charge in [0, 0.05) is 0 Å². The van der Waals surface area contributed by atoms with E-state index in [1.54, 1.807) is 0 Å². The summed E-state index contributed by atoms with van der Waals surface area (Å²) in [5.41, 5.74) is 2.81. The van der Waals surface area contributed by atoms with E-state index in [-0.39, 0.29) is 0 Å². The Balaban J connectivity index is 1.52. The van der Waals surface area contributed by atoms with Gasteiger partial charge in [-0.3, -0.25) is 0 Å². The number of aryl methyl sites for hydroxylation is 2. The molecule has 0 saturated carbocycles. The minimum atomic E-state index is 0.976. The summed E-state index contributed by atoms with van der Waals surface area (Å²) in [6, 6.07) is 17.5. The summed E-state index contributed by atoms with van der Waals surface area (Å²) in [7, 11) is 0. The Labute approximate surface area is 256 Å². The van der Waals surface area contributed by atoms with Crippen LogP contribution in [0.2, 0.25) is 0 Å². The van der Waals surface area contributed by atoms with Crippen molar-refractivity contribution >= 4 is 0 Å². The molecular formula is C40H66O. The van der Waals surface area contributed by atoms with Crippen molar-refractivity contribution < 1.29 is 4.74 Å². The van der Waals surface area contributed by atoms with E-state index in [0.717, 1.165) is 24.3 Å². The standard InChI is InChI=1S/C40H66O/c1-3-5-7-9-11-13-15-17-19-21-23-25-29-37-31-27-33-39(35-37)41-40-34-28-32-38(36-40)30-26-24-22-20-18-16-14-12-10-8-6-4-2/h27-28,31-36H,3-26,29-30H2,1-2H3. The van der Waals surface area contributed by atoms with Crippen LogP contribution < -0.4 is 4.74 Å². The molecule has 0 saturated heterocycles. The molecule has 0 N–H and O–H groups in total. The predicted molar refractivity (Wildman–Crippen MR) is 183 cm³/mol. The van der Waals surface area contributed by atoms with Crippen molar-refractivity contribution in [2.75, 3.05) is 0 Å². The quantitative estimate of drug-likeness (QED) is 0.0937. The lowest BCUT2D eigenvalue weighted by Crippen LogP contribution is -1.91. The van der Waals surface area contributed by atoms with Crippen LogP contribution >= 0.6 is 0 Å². The van der Waals surface area contributed by atoms with Crippen LogP contribution in [0.1, 0.15) is 179 Å². The van der Waals surface area contributed by atoms with Crippen LogP contribution in [0.25, 0.3) is 0 Å². The Hall–Kier alpha value is -1.76. The van der Waals surface area contributed by atoms with Crippen LogP contribution in [0.5, 0.6) is 11.5 Å². The first-order valence-corrected chi connectivity index (χ1v) is 18.2. The molecule has 0 bridgehead atoms. The first kappa shape index (κ1) is 35.4. The smallest absolute Gasteiger partial charge is 0.127 e. The van der Waals surface area contributed by atoms with Gasteiger partial charge in [-0.2, -0.15) is 0 Å². The molecule has 0 atom stereocenters. The predicted octanol–water partition coefficient (Wildman–Crippen LogP) is 14.0. The Morgan fingerprint density at radius 3 is 0.976 bits per heavy atom. The van der Waals surface area contributed by atoms with Crippen molar-refractivity contribution in [2.24, 2.45) is 0 Å². The fraction of sp³-hybridized carbons (Fsp3) is 0.700. The monoisotopic (exact) mass is 563 g/mol. The average molecular weight is 563 g/mol. The third-order valence-electron chi connectivity index (χ3n) is 8.67. The molecule has 0 radical (unpaired) electrons. The van der Waals surface area contributed by atoms with Gasteiger partial charge in [-0.15, -0.1) is 0 Å². The fourth-order valence-corrected chi connectivity index (χ4v) is 6.01. The second kappa shape index (κ2) is 25.9. The van der Waals surface area contributed by atoms with Gasteiger partial charge in [0.25, 0.3) is 0 Å². The van der Waals surface area contributed by atoms with Crippen molar-refractivity contribution in [3.63, 3.8) is 0 Å². The normalized spacial score (nSPS) is 11.3. The van der Waals surface area contributed by atoms with E-state index < -0.39 is 0 Å². The van der Waals surface area contributed by atoms with E-state index in [9.17, 15) is 0 Å². The fourth-order valence-electron chi connectivity index (χ4n) is 6.01. The lowest BCUT2D eigenvalue weighted by molar-refractivity contribution is 0.480. The summed E-state index contributed by atoms with van der Waals surface area (Å²) in [6.07, 6.45) is 36.0. The van der Waals surface area contributed by atoms with Crippen LogP contribution in [-0.2, 0) is 12.8 Å². The van der Waals surface area contributed by atoms with Crippen molar-refractivity contribution in [2.45, 2.75) is 181 Å². The Morgan fingerprint density at radius 2 is 0.659 bits per heavy atom. The van der Waals surface area contributed by atoms with E-state index in [1.165, 1.54) is 165 Å². The maximum atomic E-state index is 6.29. The van der Waals surface area contributed by atoms with E-state index in [1.807, 2.05) is 0 Å². The summed E-state index contributed by atoms with van der Waals surface area (Å²) >= 11 is 0. The highest BCUT2D eigenvalue weighted by Gasteiger charge is 2.03. The zero-order chi connectivity index (χ0) is 29.1. The molecule has 0 spiro atoms. The average Bonchev–Trinajstić information content (AvgIpc) is 2.99. The highest BCUT2D eigenvalue weighted by molar-refractivity contribution is 5.36. The molecule has 41 heavy (non-hydrogen) atoms. The van der Waals surface area contributed by atoms with Gasteiger partial charge in [-0.1, -0.05) is 179 Å². The molecule has 0 aliphatic heterocycles. The molecule has 0 amide bonds. The van der Waals surface area contributed by atoms with Gasteiger partial charge >= 0.3 is 0 Å². The van der Waals surface area contributed by atoms with Gasteiger partial charge < -0.3 is 4.74 Å². The maximum absolute atomic E-state index is 6.29. The van der Waals surface area contributed by atoms with Crippen LogP contribution in [0, 0.1) is 0 Å². The minimum absolute atomic E-state index is 0.976. The lowest BCUT2D eigenvalue weighted by Gasteiger charge is -2.10. The van der Waals surface area contributed by atoms with Gasteiger partial charge in [-0.25, -0.2) is 0 Å². The molecular weight excluding hydrogens is 496 g/mol.